The first kappa shape index (κ1) is 17.8. The molecule has 4 heteroatoms. The molecule has 1 fully saturated rings. The van der Waals surface area contributed by atoms with Crippen LogP contribution in [0, 0.1) is 13.8 Å². The van der Waals surface area contributed by atoms with Crippen LogP contribution in [0.1, 0.15) is 35.4 Å². The van der Waals surface area contributed by atoms with E-state index in [0.717, 1.165) is 42.7 Å². The van der Waals surface area contributed by atoms with Crippen molar-refractivity contribution in [3.05, 3.63) is 65.4 Å². The van der Waals surface area contributed by atoms with Gasteiger partial charge < -0.3 is 10.3 Å². The van der Waals surface area contributed by atoms with E-state index in [-0.39, 0.29) is 5.91 Å². The number of aryl methyl sites for hydroxylation is 2. The number of para-hydroxylation sites is 1. The van der Waals surface area contributed by atoms with E-state index in [0.29, 0.717) is 12.5 Å². The Bertz CT molecular complexity index is 951. The summed E-state index contributed by atoms with van der Waals surface area (Å²) in [6.45, 7) is 6.47. The van der Waals surface area contributed by atoms with Crippen LogP contribution < -0.4 is 5.32 Å². The maximum Gasteiger partial charge on any atom is 0.238 e. The zero-order valence-corrected chi connectivity index (χ0v) is 16.1. The first-order valence-corrected chi connectivity index (χ1v) is 9.75. The largest absolute Gasteiger partial charge is 0.361 e. The number of fused-ring (bicyclic) bond motifs is 1. The Kier molecular flexibility index (Phi) is 4.99. The predicted molar refractivity (Wildman–Crippen MR) is 111 cm³/mol. The lowest BCUT2D eigenvalue weighted by atomic mass is 9.89. The highest BCUT2D eigenvalue weighted by molar-refractivity contribution is 5.93. The zero-order chi connectivity index (χ0) is 18.8. The Hall–Kier alpha value is -2.59. The van der Waals surface area contributed by atoms with Crippen molar-refractivity contribution in [3.8, 4) is 0 Å². The lowest BCUT2D eigenvalue weighted by molar-refractivity contribution is -0.117. The van der Waals surface area contributed by atoms with Crippen LogP contribution in [0.4, 0.5) is 5.69 Å². The molecule has 0 aliphatic carbocycles. The number of H-pyrrole nitrogens is 1. The minimum atomic E-state index is 0.0780. The number of rotatable bonds is 4. The number of hydrogen-bond donors (Lipinski definition) is 2. The minimum Gasteiger partial charge on any atom is -0.361 e. The number of aromatic amines is 1. The van der Waals surface area contributed by atoms with E-state index in [4.69, 9.17) is 0 Å². The van der Waals surface area contributed by atoms with Gasteiger partial charge in [0.2, 0.25) is 5.91 Å². The van der Waals surface area contributed by atoms with Gasteiger partial charge in [-0.05, 0) is 74.5 Å². The maximum absolute atomic E-state index is 12.5. The first-order chi connectivity index (χ1) is 13.1. The molecule has 0 spiro atoms. The van der Waals surface area contributed by atoms with Crippen molar-refractivity contribution in [3.63, 3.8) is 0 Å². The molecule has 2 heterocycles. The first-order valence-electron chi connectivity index (χ1n) is 9.75. The summed E-state index contributed by atoms with van der Waals surface area (Å²) in [6, 6.07) is 14.7. The van der Waals surface area contributed by atoms with Gasteiger partial charge in [0.05, 0.1) is 6.54 Å². The molecule has 0 saturated carbocycles. The van der Waals surface area contributed by atoms with Crippen molar-refractivity contribution in [1.82, 2.24) is 9.88 Å². The van der Waals surface area contributed by atoms with E-state index in [2.05, 4.69) is 57.8 Å². The Morgan fingerprint density at radius 2 is 1.93 bits per heavy atom. The SMILES string of the molecule is Cc1ccc(C)c(NC(=O)CN2CCC(c3c[nH]c4ccccc34)CC2)c1. The summed E-state index contributed by atoms with van der Waals surface area (Å²) in [7, 11) is 0. The van der Waals surface area contributed by atoms with Gasteiger partial charge in [-0.2, -0.15) is 0 Å². The molecule has 1 aromatic heterocycles. The lowest BCUT2D eigenvalue weighted by Crippen LogP contribution is -2.38. The Morgan fingerprint density at radius 1 is 1.15 bits per heavy atom. The average Bonchev–Trinajstić information content (AvgIpc) is 3.09. The summed E-state index contributed by atoms with van der Waals surface area (Å²) in [6.07, 6.45) is 4.36. The van der Waals surface area contributed by atoms with Crippen molar-refractivity contribution >= 4 is 22.5 Å². The summed E-state index contributed by atoms with van der Waals surface area (Å²) in [4.78, 5) is 18.1. The van der Waals surface area contributed by atoms with Gasteiger partial charge in [0.15, 0.2) is 0 Å². The van der Waals surface area contributed by atoms with Crippen molar-refractivity contribution in [2.24, 2.45) is 0 Å². The molecule has 1 amide bonds. The van der Waals surface area contributed by atoms with Crippen LogP contribution in [0.3, 0.4) is 0 Å². The van der Waals surface area contributed by atoms with Crippen LogP contribution in [0.15, 0.2) is 48.7 Å². The standard InChI is InChI=1S/C23H27N3O/c1-16-7-8-17(2)22(13-16)25-23(27)15-26-11-9-18(10-12-26)20-14-24-21-6-4-3-5-19(20)21/h3-8,13-14,18,24H,9-12,15H2,1-2H3,(H,25,27). The van der Waals surface area contributed by atoms with E-state index < -0.39 is 0 Å². The van der Waals surface area contributed by atoms with Gasteiger partial charge >= 0.3 is 0 Å². The van der Waals surface area contributed by atoms with Crippen molar-refractivity contribution in [1.29, 1.82) is 0 Å². The monoisotopic (exact) mass is 361 g/mol. The van der Waals surface area contributed by atoms with Crippen LogP contribution in [0.2, 0.25) is 0 Å². The number of nitrogens with one attached hydrogen (secondary N) is 2. The second kappa shape index (κ2) is 7.57. The number of piperidine rings is 1. The molecule has 4 rings (SSSR count). The molecule has 0 atom stereocenters. The number of aromatic nitrogens is 1. The molecule has 27 heavy (non-hydrogen) atoms. The molecule has 0 unspecified atom stereocenters. The molecular weight excluding hydrogens is 334 g/mol. The summed E-state index contributed by atoms with van der Waals surface area (Å²) >= 11 is 0. The Labute approximate surface area is 160 Å². The fourth-order valence-electron chi connectivity index (χ4n) is 4.10. The molecule has 3 aromatic rings. The second-order valence-corrected chi connectivity index (χ2v) is 7.71. The topological polar surface area (TPSA) is 48.1 Å². The van der Waals surface area contributed by atoms with E-state index in [1.807, 2.05) is 19.9 Å². The molecule has 0 radical (unpaired) electrons. The van der Waals surface area contributed by atoms with E-state index in [1.165, 1.54) is 16.5 Å². The number of carbonyl (C=O) groups excluding carboxylic acids is 1. The van der Waals surface area contributed by atoms with Gasteiger partial charge in [-0.3, -0.25) is 9.69 Å². The molecule has 0 bridgehead atoms. The van der Waals surface area contributed by atoms with Crippen molar-refractivity contribution in [2.75, 3.05) is 25.0 Å². The van der Waals surface area contributed by atoms with Gasteiger partial charge in [0.25, 0.3) is 0 Å². The van der Waals surface area contributed by atoms with Gasteiger partial charge in [0.1, 0.15) is 0 Å². The third kappa shape index (κ3) is 3.91. The summed E-state index contributed by atoms with van der Waals surface area (Å²) in [5.74, 6) is 0.647. The van der Waals surface area contributed by atoms with Crippen molar-refractivity contribution < 1.29 is 4.79 Å². The smallest absolute Gasteiger partial charge is 0.238 e. The molecule has 4 nitrogen and oxygen atoms in total. The van der Waals surface area contributed by atoms with Gasteiger partial charge in [-0.15, -0.1) is 0 Å². The van der Waals surface area contributed by atoms with E-state index in [1.54, 1.807) is 0 Å². The summed E-state index contributed by atoms with van der Waals surface area (Å²) in [5.41, 5.74) is 5.82. The molecule has 1 aliphatic rings. The van der Waals surface area contributed by atoms with Crippen LogP contribution in [-0.4, -0.2) is 35.4 Å². The maximum atomic E-state index is 12.5. The number of hydrogen-bond acceptors (Lipinski definition) is 2. The number of benzene rings is 2. The highest BCUT2D eigenvalue weighted by Crippen LogP contribution is 2.33. The number of anilines is 1. The molecule has 140 valence electrons. The highest BCUT2D eigenvalue weighted by atomic mass is 16.2. The summed E-state index contributed by atoms with van der Waals surface area (Å²) < 4.78 is 0. The lowest BCUT2D eigenvalue weighted by Gasteiger charge is -2.31. The number of likely N-dealkylation sites (tertiary alicyclic amines) is 1. The van der Waals surface area contributed by atoms with Crippen LogP contribution in [0.5, 0.6) is 0 Å². The quantitative estimate of drug-likeness (QED) is 0.713. The highest BCUT2D eigenvalue weighted by Gasteiger charge is 2.24. The number of amides is 1. The third-order valence-electron chi connectivity index (χ3n) is 5.68. The summed E-state index contributed by atoms with van der Waals surface area (Å²) in [5, 5.41) is 4.41. The predicted octanol–water partition coefficient (Wildman–Crippen LogP) is 4.60. The van der Waals surface area contributed by atoms with Gasteiger partial charge in [-0.1, -0.05) is 30.3 Å². The van der Waals surface area contributed by atoms with Crippen molar-refractivity contribution in [2.45, 2.75) is 32.6 Å². The van der Waals surface area contributed by atoms with Crippen LogP contribution in [-0.2, 0) is 4.79 Å². The normalized spacial score (nSPS) is 15.9. The molecule has 1 aliphatic heterocycles. The van der Waals surface area contributed by atoms with Crippen LogP contribution in [0.25, 0.3) is 10.9 Å². The van der Waals surface area contributed by atoms with Gasteiger partial charge in [0, 0.05) is 22.8 Å². The molecule has 2 N–H and O–H groups in total. The Morgan fingerprint density at radius 3 is 2.74 bits per heavy atom. The number of nitrogens with zero attached hydrogens (tertiary/aromatic N) is 1. The third-order valence-corrected chi connectivity index (χ3v) is 5.68. The molecule has 2 aromatic carbocycles. The fourth-order valence-corrected chi connectivity index (χ4v) is 4.10. The Balaban J connectivity index is 1.34. The van der Waals surface area contributed by atoms with Gasteiger partial charge in [-0.25, -0.2) is 0 Å². The minimum absolute atomic E-state index is 0.0780. The zero-order valence-electron chi connectivity index (χ0n) is 16.1. The van der Waals surface area contributed by atoms with Crippen LogP contribution >= 0.6 is 0 Å². The molecule has 1 saturated heterocycles. The molecular formula is C23H27N3O. The number of carbonyl (C=O) groups is 1. The second-order valence-electron chi connectivity index (χ2n) is 7.71. The van der Waals surface area contributed by atoms with E-state index in [9.17, 15) is 4.79 Å². The fraction of sp³-hybridized carbons (Fsp3) is 0.348. The average molecular weight is 361 g/mol. The van der Waals surface area contributed by atoms with E-state index >= 15 is 0 Å².